The molecule has 104 valence electrons. The van der Waals surface area contributed by atoms with Crippen LogP contribution in [0.2, 0.25) is 5.15 Å². The fourth-order valence-electron chi connectivity index (χ4n) is 2.25. The number of benzene rings is 1. The van der Waals surface area contributed by atoms with E-state index in [1.165, 1.54) is 0 Å². The van der Waals surface area contributed by atoms with Crippen LogP contribution in [0.3, 0.4) is 0 Å². The Morgan fingerprint density at radius 1 is 1.25 bits per heavy atom. The molecule has 1 aromatic carbocycles. The molecule has 1 aliphatic heterocycles. The fourth-order valence-corrected chi connectivity index (χ4v) is 2.43. The lowest BCUT2D eigenvalue weighted by Crippen LogP contribution is -2.19. The van der Waals surface area contributed by atoms with Gasteiger partial charge in [-0.2, -0.15) is 0 Å². The summed E-state index contributed by atoms with van der Waals surface area (Å²) >= 11 is 6.07. The van der Waals surface area contributed by atoms with Gasteiger partial charge in [-0.15, -0.1) is 0 Å². The Bertz CT molecular complexity index is 571. The van der Waals surface area contributed by atoms with E-state index in [0.717, 1.165) is 37.4 Å². The van der Waals surface area contributed by atoms with Crippen LogP contribution in [-0.4, -0.2) is 29.2 Å². The molecule has 0 spiro atoms. The Labute approximate surface area is 123 Å². The first-order valence-electron chi connectivity index (χ1n) is 6.77. The van der Waals surface area contributed by atoms with Crippen molar-refractivity contribution in [2.24, 2.45) is 0 Å². The highest BCUT2D eigenvalue weighted by Crippen LogP contribution is 2.20. The van der Waals surface area contributed by atoms with Gasteiger partial charge in [-0.05, 0) is 12.8 Å². The minimum atomic E-state index is 0.268. The minimum Gasteiger partial charge on any atom is -0.376 e. The second kappa shape index (κ2) is 6.20. The quantitative estimate of drug-likeness (QED) is 0.877. The summed E-state index contributed by atoms with van der Waals surface area (Å²) in [5, 5.41) is 3.72. The Hall–Kier alpha value is -1.65. The maximum absolute atomic E-state index is 6.07. The van der Waals surface area contributed by atoms with E-state index in [0.29, 0.717) is 11.0 Å². The number of halogens is 1. The minimum absolute atomic E-state index is 0.268. The number of nitrogens with zero attached hydrogens (tertiary/aromatic N) is 2. The first-order chi connectivity index (χ1) is 9.81. The summed E-state index contributed by atoms with van der Waals surface area (Å²) in [7, 11) is 0. The molecule has 4 nitrogen and oxygen atoms in total. The molecule has 5 heteroatoms. The van der Waals surface area contributed by atoms with Gasteiger partial charge >= 0.3 is 0 Å². The van der Waals surface area contributed by atoms with Gasteiger partial charge in [0.2, 0.25) is 0 Å². The van der Waals surface area contributed by atoms with E-state index in [9.17, 15) is 0 Å². The average Bonchev–Trinajstić information content (AvgIpc) is 2.99. The molecule has 1 fully saturated rings. The maximum Gasteiger partial charge on any atom is 0.163 e. The van der Waals surface area contributed by atoms with E-state index in [2.05, 4.69) is 15.3 Å². The SMILES string of the molecule is Clc1cc(NCC2CCCO2)nc(-c2ccccc2)n1. The van der Waals surface area contributed by atoms with Gasteiger partial charge in [0.15, 0.2) is 5.82 Å². The van der Waals surface area contributed by atoms with Crippen LogP contribution in [-0.2, 0) is 4.74 Å². The first kappa shape index (κ1) is 13.3. The van der Waals surface area contributed by atoms with Gasteiger partial charge in [-0.3, -0.25) is 0 Å². The van der Waals surface area contributed by atoms with Crippen LogP contribution in [0, 0.1) is 0 Å². The molecule has 0 aliphatic carbocycles. The zero-order chi connectivity index (χ0) is 13.8. The summed E-state index contributed by atoms with van der Waals surface area (Å²) in [5.74, 6) is 1.37. The molecule has 3 rings (SSSR count). The molecule has 1 saturated heterocycles. The largest absolute Gasteiger partial charge is 0.376 e. The van der Waals surface area contributed by atoms with Crippen molar-refractivity contribution in [1.29, 1.82) is 0 Å². The monoisotopic (exact) mass is 289 g/mol. The number of aromatic nitrogens is 2. The summed E-state index contributed by atoms with van der Waals surface area (Å²) in [5.41, 5.74) is 0.954. The second-order valence-electron chi connectivity index (χ2n) is 4.78. The standard InChI is InChI=1S/C15H16ClN3O/c16-13-9-14(17-10-12-7-4-8-20-12)19-15(18-13)11-5-2-1-3-6-11/h1-3,5-6,9,12H,4,7-8,10H2,(H,17,18,19). The summed E-state index contributed by atoms with van der Waals surface area (Å²) in [6.45, 7) is 1.60. The van der Waals surface area contributed by atoms with Crippen molar-refractivity contribution in [1.82, 2.24) is 9.97 Å². The van der Waals surface area contributed by atoms with Gasteiger partial charge in [0.25, 0.3) is 0 Å². The molecule has 0 saturated carbocycles. The Morgan fingerprint density at radius 2 is 2.10 bits per heavy atom. The van der Waals surface area contributed by atoms with E-state index in [1.54, 1.807) is 6.07 Å². The topological polar surface area (TPSA) is 47.0 Å². The summed E-state index contributed by atoms with van der Waals surface area (Å²) in [6.07, 6.45) is 2.49. The highest BCUT2D eigenvalue weighted by Gasteiger charge is 2.15. The summed E-state index contributed by atoms with van der Waals surface area (Å²) < 4.78 is 5.58. The predicted molar refractivity (Wildman–Crippen MR) is 79.9 cm³/mol. The lowest BCUT2D eigenvalue weighted by Gasteiger charge is -2.12. The van der Waals surface area contributed by atoms with Crippen molar-refractivity contribution >= 4 is 17.4 Å². The van der Waals surface area contributed by atoms with E-state index in [1.807, 2.05) is 30.3 Å². The van der Waals surface area contributed by atoms with Gasteiger partial charge < -0.3 is 10.1 Å². The van der Waals surface area contributed by atoms with Crippen molar-refractivity contribution in [3.63, 3.8) is 0 Å². The van der Waals surface area contributed by atoms with Gasteiger partial charge in [-0.1, -0.05) is 41.9 Å². The van der Waals surface area contributed by atoms with Gasteiger partial charge in [0, 0.05) is 24.8 Å². The Kier molecular flexibility index (Phi) is 4.14. The number of hydrogen-bond donors (Lipinski definition) is 1. The fraction of sp³-hybridized carbons (Fsp3) is 0.333. The van der Waals surface area contributed by atoms with Crippen LogP contribution >= 0.6 is 11.6 Å². The van der Waals surface area contributed by atoms with Gasteiger partial charge in [0.1, 0.15) is 11.0 Å². The number of ether oxygens (including phenoxy) is 1. The van der Waals surface area contributed by atoms with Crippen molar-refractivity contribution < 1.29 is 4.74 Å². The lowest BCUT2D eigenvalue weighted by molar-refractivity contribution is 0.120. The average molecular weight is 290 g/mol. The summed E-state index contributed by atoms with van der Waals surface area (Å²) in [6, 6.07) is 11.6. The molecular formula is C15H16ClN3O. The van der Waals surface area contributed by atoms with Crippen LogP contribution in [0.1, 0.15) is 12.8 Å². The van der Waals surface area contributed by atoms with Gasteiger partial charge in [0.05, 0.1) is 6.10 Å². The van der Waals surface area contributed by atoms with Crippen LogP contribution in [0.15, 0.2) is 36.4 Å². The molecular weight excluding hydrogens is 274 g/mol. The zero-order valence-electron chi connectivity index (χ0n) is 11.1. The van der Waals surface area contributed by atoms with E-state index < -0.39 is 0 Å². The Balaban J connectivity index is 1.76. The highest BCUT2D eigenvalue weighted by atomic mass is 35.5. The van der Waals surface area contributed by atoms with Crippen LogP contribution in [0.25, 0.3) is 11.4 Å². The van der Waals surface area contributed by atoms with E-state index >= 15 is 0 Å². The number of nitrogens with one attached hydrogen (secondary N) is 1. The van der Waals surface area contributed by atoms with Crippen LogP contribution < -0.4 is 5.32 Å². The zero-order valence-corrected chi connectivity index (χ0v) is 11.8. The smallest absolute Gasteiger partial charge is 0.163 e. The highest BCUT2D eigenvalue weighted by molar-refractivity contribution is 6.29. The number of anilines is 1. The maximum atomic E-state index is 6.07. The molecule has 1 aromatic heterocycles. The second-order valence-corrected chi connectivity index (χ2v) is 5.17. The number of rotatable bonds is 4. The third kappa shape index (κ3) is 3.26. The molecule has 2 aromatic rings. The Morgan fingerprint density at radius 3 is 2.85 bits per heavy atom. The lowest BCUT2D eigenvalue weighted by atomic mass is 10.2. The van der Waals surface area contributed by atoms with Crippen molar-refractivity contribution in [2.45, 2.75) is 18.9 Å². The molecule has 20 heavy (non-hydrogen) atoms. The molecule has 0 radical (unpaired) electrons. The molecule has 0 bridgehead atoms. The number of hydrogen-bond acceptors (Lipinski definition) is 4. The molecule has 1 aliphatic rings. The first-order valence-corrected chi connectivity index (χ1v) is 7.14. The van der Waals surface area contributed by atoms with Gasteiger partial charge in [-0.25, -0.2) is 9.97 Å². The predicted octanol–water partition coefficient (Wildman–Crippen LogP) is 3.39. The normalized spacial score (nSPS) is 18.1. The van der Waals surface area contributed by atoms with E-state index in [4.69, 9.17) is 16.3 Å². The van der Waals surface area contributed by atoms with Crippen molar-refractivity contribution in [3.8, 4) is 11.4 Å². The third-order valence-corrected chi connectivity index (χ3v) is 3.46. The summed E-state index contributed by atoms with van der Waals surface area (Å²) in [4.78, 5) is 8.77. The van der Waals surface area contributed by atoms with Crippen LogP contribution in [0.4, 0.5) is 5.82 Å². The molecule has 0 amide bonds. The van der Waals surface area contributed by atoms with Crippen molar-refractivity contribution in [2.75, 3.05) is 18.5 Å². The van der Waals surface area contributed by atoms with Crippen molar-refractivity contribution in [3.05, 3.63) is 41.6 Å². The molecule has 2 heterocycles. The molecule has 1 N–H and O–H groups in total. The molecule has 1 unspecified atom stereocenters. The molecule has 1 atom stereocenters. The van der Waals surface area contributed by atoms with Crippen LogP contribution in [0.5, 0.6) is 0 Å². The third-order valence-electron chi connectivity index (χ3n) is 3.26. The van der Waals surface area contributed by atoms with E-state index in [-0.39, 0.29) is 6.10 Å².